The van der Waals surface area contributed by atoms with Crippen LogP contribution in [0.1, 0.15) is 40.1 Å². The molecule has 1 amide bonds. The number of piperidine rings is 1. The van der Waals surface area contributed by atoms with Gasteiger partial charge in [-0.1, -0.05) is 0 Å². The normalized spacial score (nSPS) is 16.3. The third kappa shape index (κ3) is 4.37. The smallest absolute Gasteiger partial charge is 0.254 e. The Morgan fingerprint density at radius 1 is 1.00 bits per heavy atom. The molecule has 1 aromatic carbocycles. The Balaban J connectivity index is 1.88. The maximum atomic E-state index is 13.2. The van der Waals surface area contributed by atoms with Crippen LogP contribution >= 0.6 is 15.9 Å². The van der Waals surface area contributed by atoms with Gasteiger partial charge in [-0.2, -0.15) is 0 Å². The molecule has 8 heteroatoms. The van der Waals surface area contributed by atoms with E-state index >= 15 is 0 Å². The molecule has 0 N–H and O–H groups in total. The number of carbonyl (C=O) groups excluding carboxylic acids is 2. The van der Waals surface area contributed by atoms with Gasteiger partial charge in [0.2, 0.25) is 5.78 Å². The van der Waals surface area contributed by atoms with Gasteiger partial charge >= 0.3 is 0 Å². The molecule has 3 rings (SSSR count). The summed E-state index contributed by atoms with van der Waals surface area (Å²) in [5.41, 5.74) is 0.751. The number of methoxy groups -OCH3 is 3. The van der Waals surface area contributed by atoms with Gasteiger partial charge in [0.05, 0.1) is 27.4 Å². The van der Waals surface area contributed by atoms with Gasteiger partial charge in [-0.05, 0) is 65.5 Å². The zero-order chi connectivity index (χ0) is 21.0. The summed E-state index contributed by atoms with van der Waals surface area (Å²) in [6.45, 7) is 0.515. The minimum absolute atomic E-state index is 0.179. The van der Waals surface area contributed by atoms with E-state index < -0.39 is 6.04 Å². The number of aromatic nitrogens is 1. The molecule has 0 spiro atoms. The third-order valence-electron chi connectivity index (χ3n) is 4.98. The summed E-state index contributed by atoms with van der Waals surface area (Å²) in [6, 6.07) is 7.77. The first-order chi connectivity index (χ1) is 14.0. The number of ether oxygens (including phenoxy) is 3. The lowest BCUT2D eigenvalue weighted by Gasteiger charge is -2.34. The second-order valence-corrected chi connectivity index (χ2v) is 7.38. The van der Waals surface area contributed by atoms with E-state index in [1.807, 2.05) is 0 Å². The molecular formula is C21H23BrN2O5. The number of pyridine rings is 1. The highest BCUT2D eigenvalue weighted by Crippen LogP contribution is 2.30. The molecule has 1 aromatic heterocycles. The maximum Gasteiger partial charge on any atom is 0.254 e. The average Bonchev–Trinajstić information content (AvgIpc) is 2.77. The second-order valence-electron chi connectivity index (χ2n) is 6.63. The molecule has 2 aromatic rings. The largest absolute Gasteiger partial charge is 0.494 e. The molecule has 0 saturated carbocycles. The summed E-state index contributed by atoms with van der Waals surface area (Å²) in [5.74, 6) is 1.17. The fourth-order valence-corrected chi connectivity index (χ4v) is 3.95. The molecule has 29 heavy (non-hydrogen) atoms. The minimum atomic E-state index is -0.558. The van der Waals surface area contributed by atoms with E-state index in [9.17, 15) is 9.59 Å². The van der Waals surface area contributed by atoms with Crippen molar-refractivity contribution in [2.75, 3.05) is 27.9 Å². The quantitative estimate of drug-likeness (QED) is 0.480. The summed E-state index contributed by atoms with van der Waals surface area (Å²) in [7, 11) is 4.60. The minimum Gasteiger partial charge on any atom is -0.494 e. The number of ketones is 1. The van der Waals surface area contributed by atoms with Crippen LogP contribution < -0.4 is 14.2 Å². The molecule has 1 fully saturated rings. The summed E-state index contributed by atoms with van der Waals surface area (Å²) in [6.07, 6.45) is 2.33. The molecule has 0 radical (unpaired) electrons. The van der Waals surface area contributed by atoms with Crippen molar-refractivity contribution >= 4 is 27.6 Å². The van der Waals surface area contributed by atoms with Crippen molar-refractivity contribution in [1.82, 2.24) is 9.88 Å². The van der Waals surface area contributed by atoms with E-state index in [2.05, 4.69) is 20.9 Å². The lowest BCUT2D eigenvalue weighted by Crippen LogP contribution is -2.48. The van der Waals surface area contributed by atoms with Crippen LogP contribution in [0.25, 0.3) is 0 Å². The fraction of sp³-hybridized carbons (Fsp3) is 0.381. The van der Waals surface area contributed by atoms with Gasteiger partial charge in [0, 0.05) is 12.1 Å². The molecule has 1 saturated heterocycles. The Morgan fingerprint density at radius 3 is 2.34 bits per heavy atom. The van der Waals surface area contributed by atoms with Crippen molar-refractivity contribution in [3.05, 3.63) is 46.2 Å². The van der Waals surface area contributed by atoms with Gasteiger partial charge < -0.3 is 19.1 Å². The molecule has 154 valence electrons. The lowest BCUT2D eigenvalue weighted by molar-refractivity contribution is 0.0545. The predicted octanol–water partition coefficient (Wildman–Crippen LogP) is 3.75. The van der Waals surface area contributed by atoms with E-state index in [-0.39, 0.29) is 11.7 Å². The second kappa shape index (κ2) is 9.26. The van der Waals surface area contributed by atoms with Crippen molar-refractivity contribution in [2.24, 2.45) is 0 Å². The van der Waals surface area contributed by atoms with Crippen LogP contribution in [0.15, 0.2) is 34.9 Å². The van der Waals surface area contributed by atoms with Crippen molar-refractivity contribution in [3.63, 3.8) is 0 Å². The Bertz CT molecular complexity index is 918. The topological polar surface area (TPSA) is 78.0 Å². The number of rotatable bonds is 6. The van der Waals surface area contributed by atoms with E-state index in [0.29, 0.717) is 46.1 Å². The number of benzene rings is 1. The van der Waals surface area contributed by atoms with Crippen molar-refractivity contribution in [3.8, 4) is 17.2 Å². The van der Waals surface area contributed by atoms with Crippen molar-refractivity contribution in [1.29, 1.82) is 0 Å². The number of Topliss-reactive ketones (excluding diaryl/α,β-unsaturated/α-hetero) is 1. The molecule has 0 aliphatic carbocycles. The van der Waals surface area contributed by atoms with Gasteiger partial charge in [-0.3, -0.25) is 9.59 Å². The Labute approximate surface area is 178 Å². The number of likely N-dealkylation sites (tertiary alicyclic amines) is 1. The van der Waals surface area contributed by atoms with Gasteiger partial charge in [0.15, 0.2) is 17.2 Å². The standard InChI is InChI=1S/C21H23BrN2O5/c1-27-16-9-7-13(12-18(16)29-3)21(26)24-11-5-4-6-15(24)19(25)14-8-10-17(28-2)20(22)23-14/h7-10,12,15H,4-6,11H2,1-3H3. The first-order valence-corrected chi connectivity index (χ1v) is 10.1. The van der Waals surface area contributed by atoms with Crippen LogP contribution in [0.3, 0.4) is 0 Å². The third-order valence-corrected chi connectivity index (χ3v) is 5.55. The number of hydrogen-bond donors (Lipinski definition) is 0. The Hall–Kier alpha value is -2.61. The summed E-state index contributed by atoms with van der Waals surface area (Å²) in [4.78, 5) is 32.3. The highest BCUT2D eigenvalue weighted by atomic mass is 79.9. The van der Waals surface area contributed by atoms with Crippen LogP contribution in [0.2, 0.25) is 0 Å². The summed E-state index contributed by atoms with van der Waals surface area (Å²) < 4.78 is 16.2. The first-order valence-electron chi connectivity index (χ1n) is 9.28. The van der Waals surface area contributed by atoms with Crippen LogP contribution in [0.5, 0.6) is 17.2 Å². The molecule has 0 bridgehead atoms. The van der Waals surface area contributed by atoms with Crippen LogP contribution in [-0.2, 0) is 0 Å². The monoisotopic (exact) mass is 462 g/mol. The highest BCUT2D eigenvalue weighted by Gasteiger charge is 2.34. The number of amides is 1. The molecular weight excluding hydrogens is 440 g/mol. The number of halogens is 1. The van der Waals surface area contributed by atoms with Gasteiger partial charge in [0.1, 0.15) is 10.3 Å². The van der Waals surface area contributed by atoms with Crippen molar-refractivity contribution in [2.45, 2.75) is 25.3 Å². The first kappa shape index (κ1) is 21.1. The number of carbonyl (C=O) groups is 2. The molecule has 1 aliphatic heterocycles. The summed E-state index contributed by atoms with van der Waals surface area (Å²) in [5, 5.41) is 0. The van der Waals surface area contributed by atoms with Gasteiger partial charge in [-0.25, -0.2) is 4.98 Å². The zero-order valence-electron chi connectivity index (χ0n) is 16.6. The average molecular weight is 463 g/mol. The van der Waals surface area contributed by atoms with Crippen LogP contribution in [0, 0.1) is 0 Å². The lowest BCUT2D eigenvalue weighted by atomic mass is 9.95. The van der Waals surface area contributed by atoms with E-state index in [1.54, 1.807) is 42.3 Å². The van der Waals surface area contributed by atoms with E-state index in [1.165, 1.54) is 14.2 Å². The Kier molecular flexibility index (Phi) is 6.74. The molecule has 1 unspecified atom stereocenters. The predicted molar refractivity (Wildman–Crippen MR) is 111 cm³/mol. The molecule has 1 aliphatic rings. The molecule has 1 atom stereocenters. The zero-order valence-corrected chi connectivity index (χ0v) is 18.2. The van der Waals surface area contributed by atoms with Gasteiger partial charge in [-0.15, -0.1) is 0 Å². The number of nitrogens with zero attached hydrogens (tertiary/aromatic N) is 2. The summed E-state index contributed by atoms with van der Waals surface area (Å²) >= 11 is 3.32. The van der Waals surface area contributed by atoms with Crippen molar-refractivity contribution < 1.29 is 23.8 Å². The number of hydrogen-bond acceptors (Lipinski definition) is 6. The SMILES string of the molecule is COc1ccc(C(=O)N2CCCCC2C(=O)c2ccc(OC)c(Br)n2)cc1OC. The fourth-order valence-electron chi connectivity index (χ4n) is 3.46. The highest BCUT2D eigenvalue weighted by molar-refractivity contribution is 9.10. The van der Waals surface area contributed by atoms with Gasteiger partial charge in [0.25, 0.3) is 5.91 Å². The van der Waals surface area contributed by atoms with Crippen LogP contribution in [0.4, 0.5) is 0 Å². The van der Waals surface area contributed by atoms with Crippen LogP contribution in [-0.4, -0.2) is 55.5 Å². The molecule has 2 heterocycles. The maximum absolute atomic E-state index is 13.2. The van der Waals surface area contributed by atoms with E-state index in [0.717, 1.165) is 12.8 Å². The Morgan fingerprint density at radius 2 is 1.69 bits per heavy atom. The van der Waals surface area contributed by atoms with E-state index in [4.69, 9.17) is 14.2 Å². The molecule has 7 nitrogen and oxygen atoms in total.